The molecule has 1 aliphatic rings. The lowest BCUT2D eigenvalue weighted by Crippen LogP contribution is -2.33. The average Bonchev–Trinajstić information content (AvgIpc) is 2.74. The number of nitrogens with one attached hydrogen (secondary N) is 1. The Morgan fingerprint density at radius 2 is 1.85 bits per heavy atom. The van der Waals surface area contributed by atoms with Crippen LogP contribution in [0.25, 0.3) is 10.9 Å². The van der Waals surface area contributed by atoms with Crippen molar-refractivity contribution in [2.75, 3.05) is 17.3 Å². The number of anilines is 2. The minimum atomic E-state index is -0.106. The lowest BCUT2D eigenvalue weighted by atomic mass is 9.94. The third-order valence-electron chi connectivity index (χ3n) is 5.49. The van der Waals surface area contributed by atoms with E-state index in [4.69, 9.17) is 0 Å². The van der Waals surface area contributed by atoms with E-state index in [9.17, 15) is 4.79 Å². The van der Waals surface area contributed by atoms with E-state index in [2.05, 4.69) is 28.3 Å². The summed E-state index contributed by atoms with van der Waals surface area (Å²) in [4.78, 5) is 19.5. The van der Waals surface area contributed by atoms with E-state index in [0.717, 1.165) is 16.6 Å². The van der Waals surface area contributed by atoms with Crippen molar-refractivity contribution >= 4 is 28.2 Å². The number of nitrogens with zero attached hydrogens (tertiary/aromatic N) is 2. The predicted molar refractivity (Wildman–Crippen MR) is 111 cm³/mol. The Kier molecular flexibility index (Phi) is 5.05. The Morgan fingerprint density at radius 1 is 1.04 bits per heavy atom. The summed E-state index contributed by atoms with van der Waals surface area (Å²) in [5.41, 5.74) is 3.41. The summed E-state index contributed by atoms with van der Waals surface area (Å²) in [5, 5.41) is 3.99. The number of carbonyl (C=O) groups excluding carboxylic acids is 1. The molecule has 138 valence electrons. The number of rotatable bonds is 4. The Hall–Kier alpha value is -2.88. The van der Waals surface area contributed by atoms with E-state index in [1.54, 1.807) is 6.20 Å². The largest absolute Gasteiger partial charge is 0.372 e. The van der Waals surface area contributed by atoms with E-state index < -0.39 is 0 Å². The van der Waals surface area contributed by atoms with Crippen LogP contribution >= 0.6 is 0 Å². The second-order valence-corrected chi connectivity index (χ2v) is 7.32. The number of para-hydroxylation sites is 1. The van der Waals surface area contributed by atoms with Crippen LogP contribution in [0.4, 0.5) is 11.4 Å². The van der Waals surface area contributed by atoms with Crippen LogP contribution in [0.5, 0.6) is 0 Å². The van der Waals surface area contributed by atoms with Crippen LogP contribution in [0, 0.1) is 0 Å². The van der Waals surface area contributed by atoms with Crippen molar-refractivity contribution in [3.63, 3.8) is 0 Å². The highest BCUT2D eigenvalue weighted by atomic mass is 16.1. The second kappa shape index (κ2) is 7.78. The predicted octanol–water partition coefficient (Wildman–Crippen LogP) is 5.26. The number of amides is 1. The summed E-state index contributed by atoms with van der Waals surface area (Å²) in [6.07, 6.45) is 8.10. The highest BCUT2D eigenvalue weighted by Gasteiger charge is 2.19. The van der Waals surface area contributed by atoms with Gasteiger partial charge in [0.25, 0.3) is 5.91 Å². The highest BCUT2D eigenvalue weighted by molar-refractivity contribution is 6.05. The van der Waals surface area contributed by atoms with E-state index in [-0.39, 0.29) is 5.91 Å². The van der Waals surface area contributed by atoms with Crippen molar-refractivity contribution < 1.29 is 4.79 Å². The molecule has 3 aromatic rings. The molecular weight excluding hydrogens is 334 g/mol. The van der Waals surface area contributed by atoms with Crippen molar-refractivity contribution in [3.05, 3.63) is 66.4 Å². The monoisotopic (exact) mass is 359 g/mol. The third-order valence-corrected chi connectivity index (χ3v) is 5.49. The second-order valence-electron chi connectivity index (χ2n) is 7.32. The van der Waals surface area contributed by atoms with Crippen molar-refractivity contribution in [2.45, 2.75) is 38.1 Å². The molecule has 0 saturated heterocycles. The molecule has 1 saturated carbocycles. The van der Waals surface area contributed by atoms with Crippen LogP contribution in [-0.2, 0) is 0 Å². The zero-order valence-corrected chi connectivity index (χ0v) is 15.7. The van der Waals surface area contributed by atoms with Crippen molar-refractivity contribution in [1.29, 1.82) is 0 Å². The maximum Gasteiger partial charge on any atom is 0.255 e. The first-order valence-electron chi connectivity index (χ1n) is 9.70. The first kappa shape index (κ1) is 17.5. The van der Waals surface area contributed by atoms with Gasteiger partial charge in [0, 0.05) is 29.7 Å². The topological polar surface area (TPSA) is 45.2 Å². The molecule has 4 heteroatoms. The molecule has 1 aromatic heterocycles. The Morgan fingerprint density at radius 3 is 2.70 bits per heavy atom. The van der Waals surface area contributed by atoms with Gasteiger partial charge >= 0.3 is 0 Å². The number of carbonyl (C=O) groups is 1. The lowest BCUT2D eigenvalue weighted by Gasteiger charge is -2.33. The van der Waals surface area contributed by atoms with E-state index in [1.165, 1.54) is 32.1 Å². The fourth-order valence-electron chi connectivity index (χ4n) is 3.89. The van der Waals surface area contributed by atoms with Crippen LogP contribution in [-0.4, -0.2) is 24.0 Å². The molecule has 4 nitrogen and oxygen atoms in total. The molecule has 1 N–H and O–H groups in total. The first-order valence-corrected chi connectivity index (χ1v) is 9.70. The molecule has 0 atom stereocenters. The van der Waals surface area contributed by atoms with Gasteiger partial charge in [0.15, 0.2) is 0 Å². The maximum absolute atomic E-state index is 12.7. The molecule has 27 heavy (non-hydrogen) atoms. The Bertz CT molecular complexity index is 947. The van der Waals surface area contributed by atoms with Crippen LogP contribution in [0.1, 0.15) is 42.5 Å². The number of hydrogen-bond acceptors (Lipinski definition) is 3. The zero-order chi connectivity index (χ0) is 18.6. The highest BCUT2D eigenvalue weighted by Crippen LogP contribution is 2.27. The minimum absolute atomic E-state index is 0.106. The van der Waals surface area contributed by atoms with Crippen molar-refractivity contribution in [3.8, 4) is 0 Å². The van der Waals surface area contributed by atoms with Gasteiger partial charge in [0.05, 0.1) is 17.4 Å². The van der Waals surface area contributed by atoms with Crippen LogP contribution in [0.2, 0.25) is 0 Å². The summed E-state index contributed by atoms with van der Waals surface area (Å²) < 4.78 is 0. The van der Waals surface area contributed by atoms with Gasteiger partial charge in [-0.25, -0.2) is 0 Å². The quantitative estimate of drug-likeness (QED) is 0.691. The van der Waals surface area contributed by atoms with Gasteiger partial charge in [-0.1, -0.05) is 43.5 Å². The van der Waals surface area contributed by atoms with Gasteiger partial charge in [-0.2, -0.15) is 0 Å². The smallest absolute Gasteiger partial charge is 0.255 e. The molecule has 4 rings (SSSR count). The fraction of sp³-hybridized carbons (Fsp3) is 0.304. The van der Waals surface area contributed by atoms with Crippen LogP contribution < -0.4 is 10.2 Å². The van der Waals surface area contributed by atoms with Crippen molar-refractivity contribution in [1.82, 2.24) is 4.98 Å². The molecule has 1 amide bonds. The van der Waals surface area contributed by atoms with E-state index in [0.29, 0.717) is 17.3 Å². The third kappa shape index (κ3) is 3.95. The number of hydrogen-bond donors (Lipinski definition) is 1. The van der Waals surface area contributed by atoms with Gasteiger partial charge in [-0.3, -0.25) is 9.78 Å². The van der Waals surface area contributed by atoms with Gasteiger partial charge < -0.3 is 10.2 Å². The average molecular weight is 359 g/mol. The molecule has 0 spiro atoms. The van der Waals surface area contributed by atoms with Gasteiger partial charge in [0.2, 0.25) is 0 Å². The summed E-state index contributed by atoms with van der Waals surface area (Å²) in [6.45, 7) is 0. The molecule has 0 aliphatic heterocycles. The lowest BCUT2D eigenvalue weighted by molar-refractivity contribution is 0.102. The van der Waals surface area contributed by atoms with E-state index in [1.807, 2.05) is 48.5 Å². The zero-order valence-electron chi connectivity index (χ0n) is 15.7. The van der Waals surface area contributed by atoms with Crippen LogP contribution in [0.15, 0.2) is 60.8 Å². The van der Waals surface area contributed by atoms with E-state index >= 15 is 0 Å². The standard InChI is InChI=1S/C23H25N3O/c1-26(20-10-3-2-4-11-20)21-12-7-9-18(15-21)23(27)25-19-14-17-8-5-6-13-22(17)24-16-19/h5-9,12-16,20H,2-4,10-11H2,1H3,(H,25,27). The number of benzene rings is 2. The van der Waals surface area contributed by atoms with Crippen LogP contribution in [0.3, 0.4) is 0 Å². The first-order chi connectivity index (χ1) is 13.2. The summed E-state index contributed by atoms with van der Waals surface area (Å²) in [7, 11) is 2.14. The van der Waals surface area contributed by atoms with Crippen molar-refractivity contribution in [2.24, 2.45) is 0 Å². The molecule has 1 aliphatic carbocycles. The molecule has 1 fully saturated rings. The summed E-state index contributed by atoms with van der Waals surface area (Å²) >= 11 is 0. The SMILES string of the molecule is CN(c1cccc(C(=O)Nc2cnc3ccccc3c2)c1)C1CCCCC1. The maximum atomic E-state index is 12.7. The number of aromatic nitrogens is 1. The van der Waals surface area contributed by atoms with Gasteiger partial charge in [0.1, 0.15) is 0 Å². The molecule has 0 radical (unpaired) electrons. The molecular formula is C23H25N3O. The molecule has 2 aromatic carbocycles. The minimum Gasteiger partial charge on any atom is -0.372 e. The fourth-order valence-corrected chi connectivity index (χ4v) is 3.89. The Labute approximate surface area is 160 Å². The summed E-state index contributed by atoms with van der Waals surface area (Å²) in [5.74, 6) is -0.106. The number of pyridine rings is 1. The van der Waals surface area contributed by atoms with Gasteiger partial charge in [-0.05, 0) is 43.2 Å². The Balaban J connectivity index is 1.51. The molecule has 0 unspecified atom stereocenters. The summed E-state index contributed by atoms with van der Waals surface area (Å²) in [6, 6.07) is 18.3. The normalized spacial score (nSPS) is 14.9. The van der Waals surface area contributed by atoms with Gasteiger partial charge in [-0.15, -0.1) is 0 Å². The molecule has 1 heterocycles. The molecule has 0 bridgehead atoms. The number of fused-ring (bicyclic) bond motifs is 1.